The summed E-state index contributed by atoms with van der Waals surface area (Å²) in [5.41, 5.74) is 3.42. The first-order chi connectivity index (χ1) is 10.7. The van der Waals surface area contributed by atoms with Crippen LogP contribution in [0.2, 0.25) is 0 Å². The molecule has 0 aliphatic rings. The standard InChI is InChI=1S/C19H15N2O.BrH/c1-14-4-9-18-17(11-14)3-2-10-21(18)13-19(22)16-7-5-15(12-20)6-8-16;/h2-11H,13H2,1H3;1H/q+1;. The molecular formula is C19H16BrN2O+. The summed E-state index contributed by atoms with van der Waals surface area (Å²) in [6.45, 7) is 2.34. The minimum atomic E-state index is 0. The summed E-state index contributed by atoms with van der Waals surface area (Å²) in [5.74, 6) is 0.0302. The number of nitriles is 1. The van der Waals surface area contributed by atoms with Crippen LogP contribution in [0.5, 0.6) is 0 Å². The minimum Gasteiger partial charge on any atom is -0.287 e. The summed E-state index contributed by atoms with van der Waals surface area (Å²) in [5, 5.41) is 9.92. The van der Waals surface area contributed by atoms with Gasteiger partial charge in [-0.2, -0.15) is 9.83 Å². The first kappa shape index (κ1) is 16.9. The lowest BCUT2D eigenvalue weighted by Crippen LogP contribution is -2.38. The topological polar surface area (TPSA) is 44.7 Å². The van der Waals surface area contributed by atoms with Crippen LogP contribution in [-0.4, -0.2) is 5.78 Å². The fourth-order valence-corrected chi connectivity index (χ4v) is 2.51. The summed E-state index contributed by atoms with van der Waals surface area (Å²) >= 11 is 0. The number of hydrogen-bond acceptors (Lipinski definition) is 2. The van der Waals surface area contributed by atoms with Crippen molar-refractivity contribution in [2.75, 3.05) is 0 Å². The van der Waals surface area contributed by atoms with Crippen LogP contribution in [0.1, 0.15) is 21.5 Å². The van der Waals surface area contributed by atoms with Gasteiger partial charge in [-0.05, 0) is 43.3 Å². The fourth-order valence-electron chi connectivity index (χ4n) is 2.51. The third kappa shape index (κ3) is 3.64. The zero-order valence-corrected chi connectivity index (χ0v) is 14.4. The maximum Gasteiger partial charge on any atom is 0.227 e. The second-order valence-corrected chi connectivity index (χ2v) is 5.31. The van der Waals surface area contributed by atoms with Crippen LogP contribution in [0.15, 0.2) is 60.8 Å². The van der Waals surface area contributed by atoms with Crippen molar-refractivity contribution in [2.45, 2.75) is 13.5 Å². The Morgan fingerprint density at radius 3 is 2.57 bits per heavy atom. The monoisotopic (exact) mass is 367 g/mol. The predicted molar refractivity (Wildman–Crippen MR) is 94.7 cm³/mol. The van der Waals surface area contributed by atoms with Crippen LogP contribution in [0.25, 0.3) is 10.9 Å². The smallest absolute Gasteiger partial charge is 0.227 e. The molecule has 0 fully saturated rings. The van der Waals surface area contributed by atoms with E-state index in [9.17, 15) is 4.79 Å². The van der Waals surface area contributed by atoms with Gasteiger partial charge in [-0.15, -0.1) is 17.0 Å². The Morgan fingerprint density at radius 1 is 1.13 bits per heavy atom. The molecule has 0 atom stereocenters. The van der Waals surface area contributed by atoms with E-state index in [0.29, 0.717) is 11.1 Å². The highest BCUT2D eigenvalue weighted by atomic mass is 79.9. The van der Waals surface area contributed by atoms with Crippen LogP contribution in [0.3, 0.4) is 0 Å². The van der Waals surface area contributed by atoms with Crippen LogP contribution in [0.4, 0.5) is 0 Å². The van der Waals surface area contributed by atoms with Gasteiger partial charge in [-0.3, -0.25) is 4.79 Å². The number of ketones is 1. The molecule has 2 aromatic carbocycles. The number of hydrogen-bond donors (Lipinski definition) is 0. The molecule has 3 rings (SSSR count). The molecule has 0 unspecified atom stereocenters. The number of fused-ring (bicyclic) bond motifs is 1. The van der Waals surface area contributed by atoms with Gasteiger partial charge in [0.15, 0.2) is 6.20 Å². The van der Waals surface area contributed by atoms with Gasteiger partial charge in [-0.1, -0.05) is 11.6 Å². The molecule has 0 aliphatic heterocycles. The second-order valence-electron chi connectivity index (χ2n) is 5.31. The number of halogens is 1. The normalized spacial score (nSPS) is 9.91. The molecule has 1 heterocycles. The predicted octanol–water partition coefficient (Wildman–Crippen LogP) is 3.77. The van der Waals surface area contributed by atoms with Crippen LogP contribution >= 0.6 is 17.0 Å². The van der Waals surface area contributed by atoms with E-state index in [1.165, 1.54) is 5.56 Å². The Bertz CT molecular complexity index is 895. The molecule has 0 saturated heterocycles. The molecule has 0 saturated carbocycles. The van der Waals surface area contributed by atoms with Gasteiger partial charge in [0.25, 0.3) is 0 Å². The number of Topliss-reactive ketones (excluding diaryl/α,β-unsaturated/α-hetero) is 1. The number of carbonyl (C=O) groups excluding carboxylic acids is 1. The summed E-state index contributed by atoms with van der Waals surface area (Å²) in [7, 11) is 0. The maximum absolute atomic E-state index is 12.4. The summed E-state index contributed by atoms with van der Waals surface area (Å²) in [6.07, 6.45) is 1.92. The van der Waals surface area contributed by atoms with Crippen LogP contribution in [0, 0.1) is 18.3 Å². The minimum absolute atomic E-state index is 0. The Kier molecular flexibility index (Phi) is 5.25. The van der Waals surface area contributed by atoms with Gasteiger partial charge in [0.1, 0.15) is 0 Å². The first-order valence-electron chi connectivity index (χ1n) is 7.09. The van der Waals surface area contributed by atoms with E-state index in [4.69, 9.17) is 5.26 Å². The van der Waals surface area contributed by atoms with Gasteiger partial charge in [-0.25, -0.2) is 0 Å². The Labute approximate surface area is 145 Å². The van der Waals surface area contributed by atoms with Crippen molar-refractivity contribution in [1.29, 1.82) is 5.26 Å². The zero-order valence-electron chi connectivity index (χ0n) is 12.7. The number of pyridine rings is 1. The van der Waals surface area contributed by atoms with Crippen LogP contribution < -0.4 is 4.57 Å². The van der Waals surface area contributed by atoms with E-state index in [2.05, 4.69) is 19.1 Å². The lowest BCUT2D eigenvalue weighted by Gasteiger charge is -2.02. The Balaban J connectivity index is 0.00000192. The number of carbonyl (C=O) groups is 1. The molecule has 0 radical (unpaired) electrons. The molecule has 114 valence electrons. The van der Waals surface area contributed by atoms with Gasteiger partial charge in [0, 0.05) is 23.1 Å². The third-order valence-electron chi connectivity index (χ3n) is 3.68. The van der Waals surface area contributed by atoms with E-state index < -0.39 is 0 Å². The number of benzene rings is 2. The molecule has 4 heteroatoms. The highest BCUT2D eigenvalue weighted by molar-refractivity contribution is 8.93. The van der Waals surface area contributed by atoms with E-state index >= 15 is 0 Å². The molecule has 3 aromatic rings. The Hall–Kier alpha value is -2.51. The SMILES string of the molecule is Br.Cc1ccc2c(ccc[n+]2CC(=O)c2ccc(C#N)cc2)c1. The first-order valence-corrected chi connectivity index (χ1v) is 7.09. The van der Waals surface area contributed by atoms with Crippen molar-refractivity contribution in [1.82, 2.24) is 0 Å². The van der Waals surface area contributed by atoms with Gasteiger partial charge in [0.2, 0.25) is 17.8 Å². The van der Waals surface area contributed by atoms with Gasteiger partial charge >= 0.3 is 0 Å². The van der Waals surface area contributed by atoms with Crippen molar-refractivity contribution in [2.24, 2.45) is 0 Å². The third-order valence-corrected chi connectivity index (χ3v) is 3.68. The van der Waals surface area contributed by atoms with E-state index in [1.54, 1.807) is 24.3 Å². The highest BCUT2D eigenvalue weighted by Crippen LogP contribution is 2.12. The number of aromatic nitrogens is 1. The molecule has 0 N–H and O–H groups in total. The van der Waals surface area contributed by atoms with E-state index in [1.807, 2.05) is 35.0 Å². The molecule has 3 nitrogen and oxygen atoms in total. The molecule has 1 aromatic heterocycles. The van der Waals surface area contributed by atoms with Crippen molar-refractivity contribution >= 4 is 33.7 Å². The summed E-state index contributed by atoms with van der Waals surface area (Å²) in [6, 6.07) is 19.0. The number of nitrogens with zero attached hydrogens (tertiary/aromatic N) is 2. The molecule has 0 amide bonds. The summed E-state index contributed by atoms with van der Waals surface area (Å²) in [4.78, 5) is 12.4. The van der Waals surface area contributed by atoms with Crippen molar-refractivity contribution in [3.05, 3.63) is 77.5 Å². The van der Waals surface area contributed by atoms with Crippen molar-refractivity contribution in [3.8, 4) is 6.07 Å². The molecule has 0 bridgehead atoms. The molecular weight excluding hydrogens is 352 g/mol. The molecule has 0 aliphatic carbocycles. The Morgan fingerprint density at radius 2 is 1.87 bits per heavy atom. The van der Waals surface area contributed by atoms with Gasteiger partial charge in [0.05, 0.1) is 11.6 Å². The largest absolute Gasteiger partial charge is 0.287 e. The van der Waals surface area contributed by atoms with Crippen molar-refractivity contribution < 1.29 is 9.36 Å². The lowest BCUT2D eigenvalue weighted by atomic mass is 10.1. The van der Waals surface area contributed by atoms with E-state index in [0.717, 1.165) is 10.9 Å². The van der Waals surface area contributed by atoms with Gasteiger partial charge < -0.3 is 0 Å². The lowest BCUT2D eigenvalue weighted by molar-refractivity contribution is -0.657. The second kappa shape index (κ2) is 7.17. The number of rotatable bonds is 3. The zero-order chi connectivity index (χ0) is 15.5. The number of aryl methyl sites for hydroxylation is 1. The average molecular weight is 368 g/mol. The summed E-state index contributed by atoms with van der Waals surface area (Å²) < 4.78 is 1.95. The maximum atomic E-state index is 12.4. The highest BCUT2D eigenvalue weighted by Gasteiger charge is 2.15. The quantitative estimate of drug-likeness (QED) is 0.522. The van der Waals surface area contributed by atoms with E-state index in [-0.39, 0.29) is 29.3 Å². The van der Waals surface area contributed by atoms with Crippen molar-refractivity contribution in [3.63, 3.8) is 0 Å². The fraction of sp³-hybridized carbons (Fsp3) is 0.105. The molecule has 23 heavy (non-hydrogen) atoms. The molecule has 0 spiro atoms. The average Bonchev–Trinajstić information content (AvgIpc) is 2.55. The van der Waals surface area contributed by atoms with Crippen LogP contribution in [-0.2, 0) is 6.54 Å².